The number of hydrogen-bond acceptors (Lipinski definition) is 3. The molecule has 0 aromatic heterocycles. The molecule has 1 heterocycles. The van der Waals surface area contributed by atoms with Crippen LogP contribution in [0.3, 0.4) is 0 Å². The molecule has 0 aromatic carbocycles. The van der Waals surface area contributed by atoms with Crippen LogP contribution in [0.1, 0.15) is 34.1 Å². The number of rotatable bonds is 4. The average Bonchev–Trinajstić information content (AvgIpc) is 2.25. The van der Waals surface area contributed by atoms with Gasteiger partial charge in [-0.1, -0.05) is 27.7 Å². The lowest BCUT2D eigenvalue weighted by Crippen LogP contribution is -2.61. The van der Waals surface area contributed by atoms with Gasteiger partial charge < -0.3 is 5.32 Å². The van der Waals surface area contributed by atoms with Crippen molar-refractivity contribution in [3.8, 4) is 0 Å². The SMILES string of the molecule is CCC1CN(CCOC(F)(F)F)C(C(C)(C)C)CN1. The minimum atomic E-state index is -4.53. The molecule has 1 aliphatic heterocycles. The van der Waals surface area contributed by atoms with Crippen molar-refractivity contribution in [2.45, 2.75) is 52.6 Å². The van der Waals surface area contributed by atoms with Crippen molar-refractivity contribution < 1.29 is 17.9 Å². The highest BCUT2D eigenvalue weighted by molar-refractivity contribution is 4.91. The highest BCUT2D eigenvalue weighted by Crippen LogP contribution is 2.27. The van der Waals surface area contributed by atoms with E-state index in [1.54, 1.807) is 0 Å². The molecule has 1 fully saturated rings. The maximum Gasteiger partial charge on any atom is 0.522 e. The summed E-state index contributed by atoms with van der Waals surface area (Å²) in [5.74, 6) is 0. The van der Waals surface area contributed by atoms with Crippen molar-refractivity contribution in [3.63, 3.8) is 0 Å². The maximum atomic E-state index is 12.0. The predicted octanol–water partition coefficient (Wildman–Crippen LogP) is 2.62. The van der Waals surface area contributed by atoms with E-state index in [0.717, 1.165) is 19.5 Å². The van der Waals surface area contributed by atoms with Crippen molar-refractivity contribution in [2.75, 3.05) is 26.2 Å². The summed E-state index contributed by atoms with van der Waals surface area (Å²) in [6, 6.07) is 0.580. The van der Waals surface area contributed by atoms with Gasteiger partial charge in [0.15, 0.2) is 0 Å². The first-order valence-corrected chi connectivity index (χ1v) is 6.81. The van der Waals surface area contributed by atoms with E-state index in [0.29, 0.717) is 12.6 Å². The summed E-state index contributed by atoms with van der Waals surface area (Å²) < 4.78 is 40.0. The fraction of sp³-hybridized carbons (Fsp3) is 1.00. The molecule has 0 bridgehead atoms. The third-order valence-corrected chi connectivity index (χ3v) is 3.63. The summed E-state index contributed by atoms with van der Waals surface area (Å²) in [4.78, 5) is 2.12. The maximum absolute atomic E-state index is 12.0. The molecular weight excluding hydrogens is 257 g/mol. The Kier molecular flexibility index (Phi) is 5.65. The van der Waals surface area contributed by atoms with Crippen LogP contribution in [0.15, 0.2) is 0 Å². The number of nitrogens with one attached hydrogen (secondary N) is 1. The van der Waals surface area contributed by atoms with Gasteiger partial charge in [-0.05, 0) is 11.8 Å². The van der Waals surface area contributed by atoms with Gasteiger partial charge in [0, 0.05) is 31.7 Å². The minimum absolute atomic E-state index is 0.0317. The molecule has 1 aliphatic rings. The van der Waals surface area contributed by atoms with Crippen LogP contribution < -0.4 is 5.32 Å². The standard InChI is InChI=1S/C13H25F3N2O/c1-5-10-9-18(6-7-19-13(14,15)16)11(8-17-10)12(2,3)4/h10-11,17H,5-9H2,1-4H3. The first-order chi connectivity index (χ1) is 8.63. The van der Waals surface area contributed by atoms with E-state index in [1.807, 2.05) is 0 Å². The zero-order valence-electron chi connectivity index (χ0n) is 12.2. The van der Waals surface area contributed by atoms with E-state index in [4.69, 9.17) is 0 Å². The molecule has 114 valence electrons. The van der Waals surface area contributed by atoms with E-state index >= 15 is 0 Å². The molecule has 1 N–H and O–H groups in total. The Bertz CT molecular complexity index is 276. The van der Waals surface area contributed by atoms with E-state index in [-0.39, 0.29) is 18.1 Å². The highest BCUT2D eigenvalue weighted by Gasteiger charge is 2.36. The molecule has 2 unspecified atom stereocenters. The Morgan fingerprint density at radius 1 is 1.26 bits per heavy atom. The summed E-state index contributed by atoms with van der Waals surface area (Å²) >= 11 is 0. The number of alkyl halides is 3. The lowest BCUT2D eigenvalue weighted by atomic mass is 9.83. The van der Waals surface area contributed by atoms with Crippen molar-refractivity contribution in [1.82, 2.24) is 10.2 Å². The van der Waals surface area contributed by atoms with Crippen LogP contribution >= 0.6 is 0 Å². The van der Waals surface area contributed by atoms with Gasteiger partial charge >= 0.3 is 6.36 Å². The molecular formula is C13H25F3N2O. The number of nitrogens with zero attached hydrogens (tertiary/aromatic N) is 1. The van der Waals surface area contributed by atoms with Crippen LogP contribution in [0, 0.1) is 5.41 Å². The Labute approximate surface area is 113 Å². The van der Waals surface area contributed by atoms with Gasteiger partial charge in [-0.25, -0.2) is 0 Å². The fourth-order valence-electron chi connectivity index (χ4n) is 2.54. The van der Waals surface area contributed by atoms with Crippen LogP contribution in [-0.4, -0.2) is 49.6 Å². The smallest absolute Gasteiger partial charge is 0.311 e. The van der Waals surface area contributed by atoms with Crippen molar-refractivity contribution >= 4 is 0 Å². The van der Waals surface area contributed by atoms with Crippen molar-refractivity contribution in [3.05, 3.63) is 0 Å². The van der Waals surface area contributed by atoms with Crippen LogP contribution in [0.25, 0.3) is 0 Å². The Morgan fingerprint density at radius 2 is 1.89 bits per heavy atom. The van der Waals surface area contributed by atoms with Crippen LogP contribution in [0.2, 0.25) is 0 Å². The summed E-state index contributed by atoms with van der Waals surface area (Å²) in [5.41, 5.74) is 0.0317. The molecule has 0 spiro atoms. The van der Waals surface area contributed by atoms with Gasteiger partial charge in [0.2, 0.25) is 0 Å². The normalized spacial score (nSPS) is 26.7. The van der Waals surface area contributed by atoms with Crippen LogP contribution in [0.4, 0.5) is 13.2 Å². The van der Waals surface area contributed by atoms with Crippen molar-refractivity contribution in [1.29, 1.82) is 0 Å². The molecule has 0 radical (unpaired) electrons. The first kappa shape index (κ1) is 16.7. The monoisotopic (exact) mass is 282 g/mol. The van der Waals surface area contributed by atoms with E-state index in [1.165, 1.54) is 0 Å². The van der Waals surface area contributed by atoms with E-state index in [9.17, 15) is 13.2 Å². The summed E-state index contributed by atoms with van der Waals surface area (Å²) in [5, 5.41) is 3.46. The number of piperazine rings is 1. The number of halogens is 3. The zero-order valence-corrected chi connectivity index (χ0v) is 12.2. The molecule has 3 nitrogen and oxygen atoms in total. The second kappa shape index (κ2) is 6.41. The predicted molar refractivity (Wildman–Crippen MR) is 68.9 cm³/mol. The van der Waals surface area contributed by atoms with Crippen LogP contribution in [0.5, 0.6) is 0 Å². The Balaban J connectivity index is 2.56. The molecule has 6 heteroatoms. The average molecular weight is 282 g/mol. The lowest BCUT2D eigenvalue weighted by Gasteiger charge is -2.46. The van der Waals surface area contributed by atoms with Gasteiger partial charge in [0.1, 0.15) is 0 Å². The molecule has 0 saturated carbocycles. The van der Waals surface area contributed by atoms with Gasteiger partial charge in [-0.15, -0.1) is 13.2 Å². The molecule has 19 heavy (non-hydrogen) atoms. The van der Waals surface area contributed by atoms with Crippen LogP contribution in [-0.2, 0) is 4.74 Å². The summed E-state index contributed by atoms with van der Waals surface area (Å²) in [6.07, 6.45) is -3.55. The number of ether oxygens (including phenoxy) is 1. The molecule has 0 amide bonds. The second-order valence-corrected chi connectivity index (χ2v) is 6.18. The van der Waals surface area contributed by atoms with Gasteiger partial charge in [0.25, 0.3) is 0 Å². The topological polar surface area (TPSA) is 24.5 Å². The molecule has 1 rings (SSSR count). The molecule has 2 atom stereocenters. The molecule has 0 aromatic rings. The highest BCUT2D eigenvalue weighted by atomic mass is 19.4. The second-order valence-electron chi connectivity index (χ2n) is 6.18. The third-order valence-electron chi connectivity index (χ3n) is 3.63. The Morgan fingerprint density at radius 3 is 2.37 bits per heavy atom. The summed E-state index contributed by atoms with van der Waals surface area (Å²) in [6.45, 7) is 10.0. The van der Waals surface area contributed by atoms with Gasteiger partial charge in [0.05, 0.1) is 6.61 Å². The van der Waals surface area contributed by atoms with Crippen molar-refractivity contribution in [2.24, 2.45) is 5.41 Å². The van der Waals surface area contributed by atoms with Gasteiger partial charge in [-0.2, -0.15) is 0 Å². The third kappa shape index (κ3) is 5.67. The largest absolute Gasteiger partial charge is 0.522 e. The summed E-state index contributed by atoms with van der Waals surface area (Å²) in [7, 11) is 0. The zero-order chi connectivity index (χ0) is 14.7. The molecule has 0 aliphatic carbocycles. The lowest BCUT2D eigenvalue weighted by molar-refractivity contribution is -0.325. The van der Waals surface area contributed by atoms with E-state index in [2.05, 4.69) is 42.6 Å². The quantitative estimate of drug-likeness (QED) is 0.858. The molecule has 1 saturated heterocycles. The Hall–Kier alpha value is -0.330. The van der Waals surface area contributed by atoms with Gasteiger partial charge in [-0.3, -0.25) is 9.64 Å². The number of hydrogen-bond donors (Lipinski definition) is 1. The van der Waals surface area contributed by atoms with E-state index < -0.39 is 6.36 Å². The fourth-order valence-corrected chi connectivity index (χ4v) is 2.54. The first-order valence-electron chi connectivity index (χ1n) is 6.81. The minimum Gasteiger partial charge on any atom is -0.311 e.